The summed E-state index contributed by atoms with van der Waals surface area (Å²) in [5.41, 5.74) is 7.20. The van der Waals surface area contributed by atoms with Gasteiger partial charge in [0, 0.05) is 27.0 Å². The molecule has 5 rings (SSSR count). The van der Waals surface area contributed by atoms with Crippen LogP contribution in [0.1, 0.15) is 11.1 Å². The van der Waals surface area contributed by atoms with Crippen molar-refractivity contribution in [3.8, 4) is 16.9 Å². The molecule has 136 valence electrons. The SMILES string of the molecule is Cc1cnc(-n2c3ccccc3c3ccc(Br)cc32)c(C)c1-c1ccccc1. The monoisotopic (exact) mass is 426 g/mol. The number of fused-ring (bicyclic) bond motifs is 3. The topological polar surface area (TPSA) is 17.8 Å². The second-order valence-corrected chi connectivity index (χ2v) is 8.06. The number of hydrogen-bond donors (Lipinski definition) is 0. The van der Waals surface area contributed by atoms with Crippen LogP contribution in [-0.4, -0.2) is 9.55 Å². The molecule has 0 aliphatic carbocycles. The van der Waals surface area contributed by atoms with Crippen LogP contribution in [0.2, 0.25) is 0 Å². The Hall–Kier alpha value is -2.91. The Morgan fingerprint density at radius 2 is 1.50 bits per heavy atom. The zero-order valence-corrected chi connectivity index (χ0v) is 17.4. The molecule has 0 radical (unpaired) electrons. The van der Waals surface area contributed by atoms with Gasteiger partial charge >= 0.3 is 0 Å². The molecule has 3 aromatic carbocycles. The summed E-state index contributed by atoms with van der Waals surface area (Å²) in [5, 5.41) is 2.48. The predicted molar refractivity (Wildman–Crippen MR) is 121 cm³/mol. The first-order valence-corrected chi connectivity index (χ1v) is 10.1. The maximum atomic E-state index is 4.88. The zero-order valence-electron chi connectivity index (χ0n) is 15.8. The van der Waals surface area contributed by atoms with E-state index in [2.05, 4.69) is 107 Å². The van der Waals surface area contributed by atoms with E-state index in [0.29, 0.717) is 0 Å². The van der Waals surface area contributed by atoms with E-state index in [1.807, 2.05) is 6.20 Å². The van der Waals surface area contributed by atoms with Gasteiger partial charge in [-0.2, -0.15) is 0 Å². The molecule has 0 spiro atoms. The van der Waals surface area contributed by atoms with E-state index >= 15 is 0 Å². The molecule has 0 atom stereocenters. The largest absolute Gasteiger partial charge is 0.294 e. The highest BCUT2D eigenvalue weighted by Crippen LogP contribution is 2.36. The number of para-hydroxylation sites is 1. The van der Waals surface area contributed by atoms with Gasteiger partial charge in [0.1, 0.15) is 5.82 Å². The van der Waals surface area contributed by atoms with Gasteiger partial charge < -0.3 is 0 Å². The Balaban J connectivity index is 1.90. The Kier molecular flexibility index (Phi) is 4.06. The fraction of sp³-hybridized carbons (Fsp3) is 0.0800. The molecule has 0 unspecified atom stereocenters. The fourth-order valence-electron chi connectivity index (χ4n) is 4.17. The number of nitrogens with zero attached hydrogens (tertiary/aromatic N) is 2. The number of benzene rings is 3. The lowest BCUT2D eigenvalue weighted by atomic mass is 9.97. The van der Waals surface area contributed by atoms with Crippen molar-refractivity contribution in [2.75, 3.05) is 0 Å². The standard InChI is InChI=1S/C25H19BrN2/c1-16-15-27-25(17(2)24(16)18-8-4-3-5-9-18)28-22-11-7-6-10-20(22)21-13-12-19(26)14-23(21)28/h3-15H,1-2H3. The van der Waals surface area contributed by atoms with Crippen molar-refractivity contribution >= 4 is 37.7 Å². The summed E-state index contributed by atoms with van der Waals surface area (Å²) in [7, 11) is 0. The summed E-state index contributed by atoms with van der Waals surface area (Å²) in [5.74, 6) is 0.980. The molecule has 2 heterocycles. The highest BCUT2D eigenvalue weighted by molar-refractivity contribution is 9.10. The van der Waals surface area contributed by atoms with Crippen molar-refractivity contribution in [2.24, 2.45) is 0 Å². The van der Waals surface area contributed by atoms with Gasteiger partial charge in [0.05, 0.1) is 11.0 Å². The molecule has 0 saturated heterocycles. The highest BCUT2D eigenvalue weighted by atomic mass is 79.9. The van der Waals surface area contributed by atoms with Gasteiger partial charge in [-0.25, -0.2) is 4.98 Å². The first-order valence-electron chi connectivity index (χ1n) is 9.36. The molecular formula is C25H19BrN2. The Morgan fingerprint density at radius 3 is 2.32 bits per heavy atom. The summed E-state index contributed by atoms with van der Waals surface area (Å²) in [4.78, 5) is 4.88. The van der Waals surface area contributed by atoms with E-state index in [0.717, 1.165) is 15.8 Å². The lowest BCUT2D eigenvalue weighted by molar-refractivity contribution is 1.04. The first kappa shape index (κ1) is 17.2. The number of aromatic nitrogens is 2. The maximum Gasteiger partial charge on any atom is 0.141 e. The van der Waals surface area contributed by atoms with Crippen LogP contribution in [-0.2, 0) is 0 Å². The van der Waals surface area contributed by atoms with Crippen molar-refractivity contribution < 1.29 is 0 Å². The first-order chi connectivity index (χ1) is 13.6. The molecule has 0 aliphatic rings. The average molecular weight is 427 g/mol. The summed E-state index contributed by atoms with van der Waals surface area (Å²) < 4.78 is 3.36. The number of halogens is 1. The molecule has 0 amide bonds. The fourth-order valence-corrected chi connectivity index (χ4v) is 4.52. The molecule has 5 aromatic rings. The molecule has 2 aromatic heterocycles. The highest BCUT2D eigenvalue weighted by Gasteiger charge is 2.17. The second kappa shape index (κ2) is 6.61. The summed E-state index contributed by atoms with van der Waals surface area (Å²) in [6, 6.07) is 25.6. The lowest BCUT2D eigenvalue weighted by Crippen LogP contribution is -2.03. The Bertz CT molecular complexity index is 1330. The molecule has 0 fully saturated rings. The van der Waals surface area contributed by atoms with Crippen LogP contribution in [0, 0.1) is 13.8 Å². The van der Waals surface area contributed by atoms with E-state index < -0.39 is 0 Å². The number of rotatable bonds is 2. The van der Waals surface area contributed by atoms with E-state index in [9.17, 15) is 0 Å². The van der Waals surface area contributed by atoms with Crippen LogP contribution < -0.4 is 0 Å². The number of pyridine rings is 1. The van der Waals surface area contributed by atoms with Gasteiger partial charge in [-0.1, -0.05) is 70.5 Å². The van der Waals surface area contributed by atoms with E-state index in [1.165, 1.54) is 38.5 Å². The third-order valence-electron chi connectivity index (χ3n) is 5.40. The van der Waals surface area contributed by atoms with Crippen LogP contribution in [0.5, 0.6) is 0 Å². The normalized spacial score (nSPS) is 11.4. The number of hydrogen-bond acceptors (Lipinski definition) is 1. The minimum Gasteiger partial charge on any atom is -0.294 e. The lowest BCUT2D eigenvalue weighted by Gasteiger charge is -2.16. The van der Waals surface area contributed by atoms with Gasteiger partial charge in [-0.15, -0.1) is 0 Å². The van der Waals surface area contributed by atoms with Gasteiger partial charge in [0.25, 0.3) is 0 Å². The van der Waals surface area contributed by atoms with Crippen molar-refractivity contribution in [1.29, 1.82) is 0 Å². The van der Waals surface area contributed by atoms with E-state index in [-0.39, 0.29) is 0 Å². The van der Waals surface area contributed by atoms with Crippen LogP contribution in [0.15, 0.2) is 83.5 Å². The molecule has 3 heteroatoms. The molecule has 0 saturated carbocycles. The third-order valence-corrected chi connectivity index (χ3v) is 5.89. The van der Waals surface area contributed by atoms with Gasteiger partial charge in [0.15, 0.2) is 0 Å². The van der Waals surface area contributed by atoms with Crippen molar-refractivity contribution in [2.45, 2.75) is 13.8 Å². The van der Waals surface area contributed by atoms with Crippen LogP contribution in [0.4, 0.5) is 0 Å². The summed E-state index contributed by atoms with van der Waals surface area (Å²) in [6.07, 6.45) is 1.99. The average Bonchev–Trinajstić information content (AvgIpc) is 3.02. The third kappa shape index (κ3) is 2.58. The molecule has 0 N–H and O–H groups in total. The Morgan fingerprint density at radius 1 is 0.786 bits per heavy atom. The summed E-state index contributed by atoms with van der Waals surface area (Å²) >= 11 is 3.64. The van der Waals surface area contributed by atoms with E-state index in [1.54, 1.807) is 0 Å². The van der Waals surface area contributed by atoms with Gasteiger partial charge in [-0.05, 0) is 48.7 Å². The molecule has 0 bridgehead atoms. The smallest absolute Gasteiger partial charge is 0.141 e. The minimum absolute atomic E-state index is 0.980. The number of aryl methyl sites for hydroxylation is 1. The quantitative estimate of drug-likeness (QED) is 0.291. The van der Waals surface area contributed by atoms with Crippen LogP contribution >= 0.6 is 15.9 Å². The zero-order chi connectivity index (χ0) is 19.3. The van der Waals surface area contributed by atoms with Crippen molar-refractivity contribution in [3.05, 3.63) is 94.6 Å². The molecule has 0 aliphatic heterocycles. The predicted octanol–water partition coefficient (Wildman–Crippen LogP) is 7.23. The molecule has 2 nitrogen and oxygen atoms in total. The van der Waals surface area contributed by atoms with Gasteiger partial charge in [0.2, 0.25) is 0 Å². The van der Waals surface area contributed by atoms with Crippen molar-refractivity contribution in [3.63, 3.8) is 0 Å². The van der Waals surface area contributed by atoms with Crippen LogP contribution in [0.3, 0.4) is 0 Å². The Labute approximate surface area is 172 Å². The second-order valence-electron chi connectivity index (χ2n) is 7.14. The van der Waals surface area contributed by atoms with Gasteiger partial charge in [-0.3, -0.25) is 4.57 Å². The van der Waals surface area contributed by atoms with Crippen LogP contribution in [0.25, 0.3) is 38.8 Å². The van der Waals surface area contributed by atoms with E-state index in [4.69, 9.17) is 4.98 Å². The maximum absolute atomic E-state index is 4.88. The minimum atomic E-state index is 0.980. The molecular weight excluding hydrogens is 408 g/mol. The van der Waals surface area contributed by atoms with Crippen molar-refractivity contribution in [1.82, 2.24) is 9.55 Å². The summed E-state index contributed by atoms with van der Waals surface area (Å²) in [6.45, 7) is 4.31. The molecule has 28 heavy (non-hydrogen) atoms.